The van der Waals surface area contributed by atoms with Crippen LogP contribution in [0.15, 0.2) is 29.4 Å². The van der Waals surface area contributed by atoms with E-state index in [1.165, 1.54) is 12.8 Å². The van der Waals surface area contributed by atoms with Crippen LogP contribution in [0.4, 0.5) is 5.82 Å². The quantitative estimate of drug-likeness (QED) is 0.256. The molecular weight excluding hydrogens is 401 g/mol. The lowest BCUT2D eigenvalue weighted by atomic mass is 10.3. The smallest absolute Gasteiger partial charge is 0.193 e. The Morgan fingerprint density at radius 1 is 1.22 bits per heavy atom. The Morgan fingerprint density at radius 2 is 2.04 bits per heavy atom. The van der Waals surface area contributed by atoms with Crippen LogP contribution in [0, 0.1) is 0 Å². The van der Waals surface area contributed by atoms with E-state index in [0.717, 1.165) is 50.8 Å². The Balaban J connectivity index is 0.00000484. The highest BCUT2D eigenvalue weighted by Gasteiger charge is 2.03. The number of guanidine groups is 1. The number of pyridine rings is 1. The molecule has 0 atom stereocenters. The van der Waals surface area contributed by atoms with Crippen LogP contribution in [0.2, 0.25) is 0 Å². The highest BCUT2D eigenvalue weighted by molar-refractivity contribution is 14.0. The molecule has 0 bridgehead atoms. The topological polar surface area (TPSA) is 52.5 Å². The van der Waals surface area contributed by atoms with Gasteiger partial charge in [0.1, 0.15) is 5.82 Å². The van der Waals surface area contributed by atoms with Gasteiger partial charge in [-0.2, -0.15) is 0 Å². The van der Waals surface area contributed by atoms with Crippen LogP contribution in [0.25, 0.3) is 0 Å². The summed E-state index contributed by atoms with van der Waals surface area (Å²) in [5.41, 5.74) is 0. The Morgan fingerprint density at radius 3 is 2.70 bits per heavy atom. The number of nitrogens with zero attached hydrogens (tertiary/aromatic N) is 3. The van der Waals surface area contributed by atoms with Crippen molar-refractivity contribution in [3.8, 4) is 0 Å². The predicted molar refractivity (Wildman–Crippen MR) is 111 cm³/mol. The highest BCUT2D eigenvalue weighted by Crippen LogP contribution is 2.01. The van der Waals surface area contributed by atoms with Gasteiger partial charge < -0.3 is 15.5 Å². The minimum atomic E-state index is 0. The number of aromatic nitrogens is 1. The molecule has 1 aromatic heterocycles. The molecule has 5 nitrogen and oxygen atoms in total. The molecule has 1 rings (SSSR count). The van der Waals surface area contributed by atoms with Crippen molar-refractivity contribution < 1.29 is 0 Å². The zero-order chi connectivity index (χ0) is 16.0. The summed E-state index contributed by atoms with van der Waals surface area (Å²) in [6.45, 7) is 8.10. The van der Waals surface area contributed by atoms with E-state index in [0.29, 0.717) is 0 Å². The molecule has 6 heteroatoms. The van der Waals surface area contributed by atoms with Crippen LogP contribution in [0.1, 0.15) is 39.5 Å². The van der Waals surface area contributed by atoms with Crippen LogP contribution < -0.4 is 10.6 Å². The number of hydrogen-bond acceptors (Lipinski definition) is 3. The largest absolute Gasteiger partial charge is 0.370 e. The number of unbranched alkanes of at least 4 members (excludes halogenated alkanes) is 2. The maximum absolute atomic E-state index is 4.70. The fraction of sp³-hybridized carbons (Fsp3) is 0.647. The van der Waals surface area contributed by atoms with Crippen LogP contribution in [0.5, 0.6) is 0 Å². The molecule has 0 radical (unpaired) electrons. The first-order valence-corrected chi connectivity index (χ1v) is 8.42. The molecule has 0 aromatic carbocycles. The van der Waals surface area contributed by atoms with Crippen LogP contribution >= 0.6 is 24.0 Å². The number of aliphatic imine (C=N–C) groups is 1. The lowest BCUT2D eigenvalue weighted by Crippen LogP contribution is -2.39. The molecule has 1 aromatic rings. The van der Waals surface area contributed by atoms with E-state index in [-0.39, 0.29) is 24.0 Å². The van der Waals surface area contributed by atoms with Gasteiger partial charge in [-0.3, -0.25) is 4.99 Å². The van der Waals surface area contributed by atoms with Crippen molar-refractivity contribution in [1.29, 1.82) is 0 Å². The number of rotatable bonds is 10. The third-order valence-corrected chi connectivity index (χ3v) is 3.36. The molecule has 2 N–H and O–H groups in total. The molecule has 0 saturated heterocycles. The monoisotopic (exact) mass is 433 g/mol. The standard InChI is InChI=1S/C17H31N5.HI/c1-4-6-15-22(3)17(18-5-2)21-14-10-9-13-20-16-11-7-8-12-19-16;/h7-8,11-12H,4-6,9-10,13-15H2,1-3H3,(H,18,21)(H,19,20);1H. The van der Waals surface area contributed by atoms with Crippen molar-refractivity contribution in [2.75, 3.05) is 38.5 Å². The Bertz CT molecular complexity index is 411. The van der Waals surface area contributed by atoms with Crippen molar-refractivity contribution in [2.24, 2.45) is 4.99 Å². The summed E-state index contributed by atoms with van der Waals surface area (Å²) in [7, 11) is 2.11. The number of hydrogen-bond donors (Lipinski definition) is 2. The molecule has 0 saturated carbocycles. The van der Waals surface area contributed by atoms with Gasteiger partial charge in [-0.25, -0.2) is 4.98 Å². The maximum Gasteiger partial charge on any atom is 0.193 e. The fourth-order valence-corrected chi connectivity index (χ4v) is 2.08. The molecular formula is C17H32IN5. The molecule has 0 fully saturated rings. The van der Waals surface area contributed by atoms with Gasteiger partial charge in [0.15, 0.2) is 5.96 Å². The molecule has 132 valence electrons. The van der Waals surface area contributed by atoms with Crippen molar-refractivity contribution in [3.63, 3.8) is 0 Å². The SMILES string of the molecule is CCCCN(C)C(=NCCCCNc1ccccn1)NCC.I. The summed E-state index contributed by atoms with van der Waals surface area (Å²) in [5.74, 6) is 1.97. The van der Waals surface area contributed by atoms with E-state index >= 15 is 0 Å². The normalized spacial score (nSPS) is 10.8. The molecule has 23 heavy (non-hydrogen) atoms. The predicted octanol–water partition coefficient (Wildman–Crippen LogP) is 3.59. The van der Waals surface area contributed by atoms with Gasteiger partial charge in [0.25, 0.3) is 0 Å². The van der Waals surface area contributed by atoms with E-state index < -0.39 is 0 Å². The summed E-state index contributed by atoms with van der Waals surface area (Å²) in [6, 6.07) is 5.91. The summed E-state index contributed by atoms with van der Waals surface area (Å²) in [5, 5.41) is 6.68. The zero-order valence-corrected chi connectivity index (χ0v) is 17.0. The number of halogens is 1. The third kappa shape index (κ3) is 10.4. The van der Waals surface area contributed by atoms with Gasteiger partial charge in [-0.1, -0.05) is 19.4 Å². The van der Waals surface area contributed by atoms with Gasteiger partial charge in [0.2, 0.25) is 0 Å². The third-order valence-electron chi connectivity index (χ3n) is 3.36. The highest BCUT2D eigenvalue weighted by atomic mass is 127. The second-order valence-electron chi connectivity index (χ2n) is 5.36. The van der Waals surface area contributed by atoms with Crippen molar-refractivity contribution in [3.05, 3.63) is 24.4 Å². The second-order valence-corrected chi connectivity index (χ2v) is 5.36. The number of anilines is 1. The average molecular weight is 433 g/mol. The van der Waals surface area contributed by atoms with Crippen molar-refractivity contribution >= 4 is 35.8 Å². The molecule has 0 unspecified atom stereocenters. The Labute approximate surface area is 158 Å². The van der Waals surface area contributed by atoms with Crippen molar-refractivity contribution in [1.82, 2.24) is 15.2 Å². The van der Waals surface area contributed by atoms with Crippen LogP contribution in [0.3, 0.4) is 0 Å². The summed E-state index contributed by atoms with van der Waals surface area (Å²) < 4.78 is 0. The van der Waals surface area contributed by atoms with E-state index in [2.05, 4.69) is 41.4 Å². The van der Waals surface area contributed by atoms with Gasteiger partial charge in [0, 0.05) is 39.4 Å². The maximum atomic E-state index is 4.70. The van der Waals surface area contributed by atoms with Gasteiger partial charge >= 0.3 is 0 Å². The molecule has 0 amide bonds. The van der Waals surface area contributed by atoms with E-state index in [9.17, 15) is 0 Å². The average Bonchev–Trinajstić information content (AvgIpc) is 2.55. The summed E-state index contributed by atoms with van der Waals surface area (Å²) in [6.07, 6.45) is 6.40. The van der Waals surface area contributed by atoms with Crippen molar-refractivity contribution in [2.45, 2.75) is 39.5 Å². The van der Waals surface area contributed by atoms with Gasteiger partial charge in [-0.05, 0) is 38.3 Å². The van der Waals surface area contributed by atoms with Gasteiger partial charge in [0.05, 0.1) is 0 Å². The number of nitrogens with one attached hydrogen (secondary N) is 2. The minimum Gasteiger partial charge on any atom is -0.370 e. The van der Waals surface area contributed by atoms with Gasteiger partial charge in [-0.15, -0.1) is 24.0 Å². The Kier molecular flexibility index (Phi) is 13.9. The Hall–Kier alpha value is -1.05. The first-order valence-electron chi connectivity index (χ1n) is 8.42. The second kappa shape index (κ2) is 14.5. The minimum absolute atomic E-state index is 0. The first kappa shape index (κ1) is 21.9. The summed E-state index contributed by atoms with van der Waals surface area (Å²) in [4.78, 5) is 11.2. The van der Waals surface area contributed by atoms with Crippen LogP contribution in [-0.4, -0.2) is 49.1 Å². The van der Waals surface area contributed by atoms with E-state index in [4.69, 9.17) is 4.99 Å². The van der Waals surface area contributed by atoms with Crippen LogP contribution in [-0.2, 0) is 0 Å². The lowest BCUT2D eigenvalue weighted by Gasteiger charge is -2.21. The lowest BCUT2D eigenvalue weighted by molar-refractivity contribution is 0.464. The summed E-state index contributed by atoms with van der Waals surface area (Å²) >= 11 is 0. The molecule has 0 aliphatic carbocycles. The molecule has 1 heterocycles. The van der Waals surface area contributed by atoms with E-state index in [1.807, 2.05) is 24.4 Å². The molecule has 0 aliphatic rings. The molecule has 0 spiro atoms. The fourth-order valence-electron chi connectivity index (χ4n) is 2.08. The zero-order valence-electron chi connectivity index (χ0n) is 14.7. The molecule has 0 aliphatic heterocycles. The van der Waals surface area contributed by atoms with E-state index in [1.54, 1.807) is 0 Å². The first-order chi connectivity index (χ1) is 10.8.